The lowest BCUT2D eigenvalue weighted by Crippen LogP contribution is -2.07. The predicted molar refractivity (Wildman–Crippen MR) is 90.1 cm³/mol. The lowest BCUT2D eigenvalue weighted by Gasteiger charge is -2.23. The van der Waals surface area contributed by atoms with Gasteiger partial charge in [-0.2, -0.15) is 0 Å². The number of hydrogen-bond acceptors (Lipinski definition) is 2. The van der Waals surface area contributed by atoms with Crippen molar-refractivity contribution in [3.63, 3.8) is 0 Å². The maximum Gasteiger partial charge on any atom is 0.337 e. The van der Waals surface area contributed by atoms with Crippen molar-refractivity contribution < 1.29 is 13.0 Å². The first kappa shape index (κ1) is 14.6. The molecule has 0 amide bonds. The number of rotatable bonds is 3. The van der Waals surface area contributed by atoms with Gasteiger partial charge in [-0.25, -0.2) is 4.79 Å². The van der Waals surface area contributed by atoms with Crippen LogP contribution in [-0.2, 0) is 3.07 Å². The van der Waals surface area contributed by atoms with Crippen molar-refractivity contribution in [2.75, 3.05) is 0 Å². The highest BCUT2D eigenvalue weighted by Gasteiger charge is 2.21. The van der Waals surface area contributed by atoms with Crippen molar-refractivity contribution in [3.8, 4) is 0 Å². The largest absolute Gasteiger partial charge is 0.478 e. The first-order chi connectivity index (χ1) is 10.2. The highest BCUT2D eigenvalue weighted by molar-refractivity contribution is 14.1. The Morgan fingerprint density at radius 2 is 1.81 bits per heavy atom. The topological polar surface area (TPSA) is 54.4 Å². The van der Waals surface area contributed by atoms with Crippen LogP contribution in [0.15, 0.2) is 30.3 Å². The summed E-state index contributed by atoms with van der Waals surface area (Å²) >= 11 is -1.48. The number of carboxylic acid groups (broad SMARTS) is 1. The maximum atomic E-state index is 11.6. The SMILES string of the molecule is O=Ic1ccc2c(C3CCCCC3)cccc2c1C(=O)O. The van der Waals surface area contributed by atoms with E-state index in [1.807, 2.05) is 18.2 Å². The molecule has 0 aliphatic heterocycles. The Hall–Kier alpha value is -1.30. The number of benzene rings is 2. The van der Waals surface area contributed by atoms with E-state index in [1.54, 1.807) is 6.07 Å². The number of halogens is 1. The molecule has 1 saturated carbocycles. The van der Waals surface area contributed by atoms with Crippen LogP contribution in [0, 0.1) is 3.57 Å². The molecule has 110 valence electrons. The van der Waals surface area contributed by atoms with Crippen LogP contribution < -0.4 is 0 Å². The summed E-state index contributed by atoms with van der Waals surface area (Å²) in [5.41, 5.74) is 1.48. The van der Waals surface area contributed by atoms with E-state index in [4.69, 9.17) is 0 Å². The Labute approximate surface area is 134 Å². The van der Waals surface area contributed by atoms with Crippen molar-refractivity contribution in [1.29, 1.82) is 0 Å². The monoisotopic (exact) mass is 396 g/mol. The van der Waals surface area contributed by atoms with Gasteiger partial charge in [0.2, 0.25) is 0 Å². The van der Waals surface area contributed by atoms with Crippen LogP contribution in [0.3, 0.4) is 0 Å². The molecule has 3 nitrogen and oxygen atoms in total. The zero-order valence-corrected chi connectivity index (χ0v) is 13.8. The van der Waals surface area contributed by atoms with Crippen LogP contribution in [0.25, 0.3) is 10.8 Å². The molecule has 0 aromatic heterocycles. The van der Waals surface area contributed by atoms with Gasteiger partial charge in [-0.1, -0.05) is 43.5 Å². The second kappa shape index (κ2) is 6.22. The molecule has 0 radical (unpaired) electrons. The second-order valence-electron chi connectivity index (χ2n) is 5.58. The lowest BCUT2D eigenvalue weighted by molar-refractivity contribution is 0.0698. The summed E-state index contributed by atoms with van der Waals surface area (Å²) < 4.78 is 11.8. The van der Waals surface area contributed by atoms with Crippen LogP contribution in [0.4, 0.5) is 0 Å². The van der Waals surface area contributed by atoms with Gasteiger partial charge in [0.1, 0.15) is 0 Å². The molecule has 2 aromatic carbocycles. The molecule has 0 unspecified atom stereocenters. The molecule has 0 heterocycles. The Bertz CT molecular complexity index is 702. The summed E-state index contributed by atoms with van der Waals surface area (Å²) in [5.74, 6) is -0.455. The Morgan fingerprint density at radius 1 is 1.05 bits per heavy atom. The molecule has 1 fully saturated rings. The van der Waals surface area contributed by atoms with Crippen LogP contribution in [0.1, 0.15) is 53.9 Å². The molecule has 3 rings (SSSR count). The van der Waals surface area contributed by atoms with Crippen molar-refractivity contribution in [2.24, 2.45) is 0 Å². The van der Waals surface area contributed by atoms with Crippen molar-refractivity contribution in [3.05, 3.63) is 45.0 Å². The molecule has 0 saturated heterocycles. The molecule has 0 atom stereocenters. The minimum Gasteiger partial charge on any atom is -0.478 e. The van der Waals surface area contributed by atoms with E-state index in [9.17, 15) is 13.0 Å². The second-order valence-corrected chi connectivity index (χ2v) is 7.18. The molecule has 2 aromatic rings. The van der Waals surface area contributed by atoms with Crippen molar-refractivity contribution in [1.82, 2.24) is 0 Å². The summed E-state index contributed by atoms with van der Waals surface area (Å²) in [6.07, 6.45) is 6.15. The molecule has 4 heteroatoms. The third kappa shape index (κ3) is 2.73. The standard InChI is InChI=1S/C17H17IO3/c19-17(20)16-14-8-4-7-12(11-5-2-1-3-6-11)13(14)9-10-15(16)18-21/h4,7-11H,1-3,5-6H2,(H,19,20). The summed E-state index contributed by atoms with van der Waals surface area (Å²) in [6, 6.07) is 9.59. The molecular formula is C17H17IO3. The number of fused-ring (bicyclic) bond motifs is 1. The average molecular weight is 396 g/mol. The highest BCUT2D eigenvalue weighted by Crippen LogP contribution is 2.38. The molecular weight excluding hydrogens is 379 g/mol. The van der Waals surface area contributed by atoms with E-state index in [0.717, 1.165) is 10.8 Å². The zero-order chi connectivity index (χ0) is 14.8. The fourth-order valence-electron chi connectivity index (χ4n) is 3.41. The molecule has 0 spiro atoms. The normalized spacial score (nSPS) is 16.2. The minimum absolute atomic E-state index is 0.230. The first-order valence-electron chi connectivity index (χ1n) is 7.28. The summed E-state index contributed by atoms with van der Waals surface area (Å²) in [5, 5.41) is 11.2. The molecule has 1 N–H and O–H groups in total. The zero-order valence-electron chi connectivity index (χ0n) is 11.6. The number of aromatic carboxylic acids is 1. The third-order valence-corrected chi connectivity index (χ3v) is 5.76. The maximum absolute atomic E-state index is 11.6. The number of hydrogen-bond donors (Lipinski definition) is 1. The van der Waals surface area contributed by atoms with Gasteiger partial charge in [-0.05, 0) is 41.2 Å². The van der Waals surface area contributed by atoms with E-state index in [-0.39, 0.29) is 5.56 Å². The van der Waals surface area contributed by atoms with Gasteiger partial charge in [0.25, 0.3) is 0 Å². The van der Waals surface area contributed by atoms with Crippen LogP contribution in [0.5, 0.6) is 0 Å². The highest BCUT2D eigenvalue weighted by atomic mass is 127. The van der Waals surface area contributed by atoms with Gasteiger partial charge in [-0.3, -0.25) is 3.07 Å². The Morgan fingerprint density at radius 3 is 2.48 bits per heavy atom. The van der Waals surface area contributed by atoms with Gasteiger partial charge in [0.15, 0.2) is 21.2 Å². The van der Waals surface area contributed by atoms with E-state index in [2.05, 4.69) is 6.07 Å². The number of carbonyl (C=O) groups is 1. The first-order valence-corrected chi connectivity index (χ1v) is 9.24. The quantitative estimate of drug-likeness (QED) is 0.737. The molecule has 1 aliphatic rings. The molecule has 0 bridgehead atoms. The summed E-state index contributed by atoms with van der Waals surface area (Å²) in [7, 11) is 0. The third-order valence-electron chi connectivity index (χ3n) is 4.39. The smallest absolute Gasteiger partial charge is 0.337 e. The Balaban J connectivity index is 2.22. The van der Waals surface area contributed by atoms with Gasteiger partial charge in [-0.15, -0.1) is 0 Å². The number of carboxylic acids is 1. The van der Waals surface area contributed by atoms with Gasteiger partial charge in [0, 0.05) is 0 Å². The van der Waals surface area contributed by atoms with Gasteiger partial charge >= 0.3 is 5.97 Å². The van der Waals surface area contributed by atoms with Crippen LogP contribution in [0.2, 0.25) is 0 Å². The lowest BCUT2D eigenvalue weighted by atomic mass is 9.82. The van der Waals surface area contributed by atoms with Crippen LogP contribution >= 0.6 is 21.2 Å². The predicted octanol–water partition coefficient (Wildman–Crippen LogP) is 5.07. The average Bonchev–Trinajstić information content (AvgIpc) is 2.53. The van der Waals surface area contributed by atoms with Gasteiger partial charge < -0.3 is 5.11 Å². The summed E-state index contributed by atoms with van der Waals surface area (Å²) in [4.78, 5) is 11.6. The van der Waals surface area contributed by atoms with E-state index < -0.39 is 27.2 Å². The minimum atomic E-state index is -1.48. The van der Waals surface area contributed by atoms with Crippen molar-refractivity contribution >= 4 is 37.9 Å². The van der Waals surface area contributed by atoms with E-state index in [0.29, 0.717) is 9.49 Å². The molecule has 1 aliphatic carbocycles. The fraction of sp³-hybridized carbons (Fsp3) is 0.353. The van der Waals surface area contributed by atoms with Crippen LogP contribution in [-0.4, -0.2) is 11.1 Å². The summed E-state index contributed by atoms with van der Waals surface area (Å²) in [6.45, 7) is 0. The van der Waals surface area contributed by atoms with E-state index >= 15 is 0 Å². The fourth-order valence-corrected chi connectivity index (χ4v) is 4.47. The van der Waals surface area contributed by atoms with Crippen molar-refractivity contribution in [2.45, 2.75) is 38.0 Å². The van der Waals surface area contributed by atoms with E-state index in [1.165, 1.54) is 37.7 Å². The Kier molecular flexibility index (Phi) is 4.33. The van der Waals surface area contributed by atoms with Gasteiger partial charge in [0.05, 0.1) is 9.13 Å². The molecule has 21 heavy (non-hydrogen) atoms.